The Morgan fingerprint density at radius 3 is 2.63 bits per heavy atom. The van der Waals surface area contributed by atoms with E-state index in [1.807, 2.05) is 0 Å². The second kappa shape index (κ2) is 5.18. The maximum Gasteiger partial charge on any atom is 0.406 e. The average molecular weight is 273 g/mol. The maximum atomic E-state index is 12.6. The van der Waals surface area contributed by atoms with E-state index >= 15 is 0 Å². The first kappa shape index (κ1) is 13.8. The van der Waals surface area contributed by atoms with Gasteiger partial charge in [-0.1, -0.05) is 12.1 Å². The Bertz CT molecular complexity index is 565. The Morgan fingerprint density at radius 1 is 1.32 bits per heavy atom. The van der Waals surface area contributed by atoms with Gasteiger partial charge in [0.1, 0.15) is 18.5 Å². The molecule has 19 heavy (non-hydrogen) atoms. The van der Waals surface area contributed by atoms with Crippen LogP contribution in [-0.2, 0) is 6.54 Å². The molecule has 0 saturated carbocycles. The number of alkyl halides is 3. The third-order valence-corrected chi connectivity index (χ3v) is 2.76. The second-order valence-corrected chi connectivity index (χ2v) is 4.25. The molecule has 4 nitrogen and oxygen atoms in total. The average Bonchev–Trinajstić information content (AvgIpc) is 2.67. The summed E-state index contributed by atoms with van der Waals surface area (Å²) in [6.07, 6.45) is -5.30. The first-order chi connectivity index (χ1) is 8.92. The second-order valence-electron chi connectivity index (χ2n) is 4.25. The van der Waals surface area contributed by atoms with Crippen molar-refractivity contribution in [3.05, 3.63) is 30.1 Å². The molecule has 0 saturated heterocycles. The van der Waals surface area contributed by atoms with Crippen LogP contribution >= 0.6 is 0 Å². The van der Waals surface area contributed by atoms with E-state index in [2.05, 4.69) is 4.98 Å². The number of nitrogens with two attached hydrogens (primary N) is 1. The van der Waals surface area contributed by atoms with Gasteiger partial charge >= 0.3 is 6.18 Å². The van der Waals surface area contributed by atoms with E-state index in [0.717, 1.165) is 4.57 Å². The maximum absolute atomic E-state index is 12.6. The summed E-state index contributed by atoms with van der Waals surface area (Å²) in [6, 6.07) is 6.48. The summed E-state index contributed by atoms with van der Waals surface area (Å²) in [5.41, 5.74) is 6.10. The van der Waals surface area contributed by atoms with Crippen LogP contribution < -0.4 is 5.73 Å². The van der Waals surface area contributed by atoms with Gasteiger partial charge in [-0.25, -0.2) is 4.98 Å². The van der Waals surface area contributed by atoms with E-state index in [4.69, 9.17) is 5.73 Å². The Balaban J connectivity index is 2.52. The standard InChI is InChI=1S/C12H14F3N3O/c13-12(14,15)7-18-9-4-2-1-3-8(9)17-11(18)10(19)5-6-16/h1-4,10,19H,5-7,16H2. The zero-order chi connectivity index (χ0) is 14.0. The molecule has 2 rings (SSSR count). The highest BCUT2D eigenvalue weighted by molar-refractivity contribution is 5.76. The molecule has 0 amide bonds. The molecule has 104 valence electrons. The number of aliphatic hydroxyl groups is 1. The van der Waals surface area contributed by atoms with Gasteiger partial charge < -0.3 is 15.4 Å². The summed E-state index contributed by atoms with van der Waals surface area (Å²) in [5.74, 6) is 0.00368. The largest absolute Gasteiger partial charge is 0.406 e. The zero-order valence-corrected chi connectivity index (χ0v) is 10.1. The highest BCUT2D eigenvalue weighted by Gasteiger charge is 2.31. The van der Waals surface area contributed by atoms with Crippen molar-refractivity contribution in [2.75, 3.05) is 6.54 Å². The van der Waals surface area contributed by atoms with Gasteiger partial charge in [-0.05, 0) is 25.1 Å². The number of benzene rings is 1. The molecule has 3 N–H and O–H groups in total. The first-order valence-electron chi connectivity index (χ1n) is 5.82. The summed E-state index contributed by atoms with van der Waals surface area (Å²) in [5, 5.41) is 9.87. The van der Waals surface area contributed by atoms with Crippen molar-refractivity contribution >= 4 is 11.0 Å². The quantitative estimate of drug-likeness (QED) is 0.895. The van der Waals surface area contributed by atoms with E-state index in [0.29, 0.717) is 11.0 Å². The van der Waals surface area contributed by atoms with Crippen LogP contribution in [0.25, 0.3) is 11.0 Å². The number of nitrogens with zero attached hydrogens (tertiary/aromatic N) is 2. The van der Waals surface area contributed by atoms with E-state index in [1.165, 1.54) is 0 Å². The van der Waals surface area contributed by atoms with Crippen molar-refractivity contribution in [3.63, 3.8) is 0 Å². The lowest BCUT2D eigenvalue weighted by atomic mass is 10.2. The first-order valence-corrected chi connectivity index (χ1v) is 5.82. The van der Waals surface area contributed by atoms with Crippen molar-refractivity contribution in [1.82, 2.24) is 9.55 Å². The number of aliphatic hydroxyl groups excluding tert-OH is 1. The summed E-state index contributed by atoms with van der Waals surface area (Å²) < 4.78 is 38.9. The molecular weight excluding hydrogens is 259 g/mol. The summed E-state index contributed by atoms with van der Waals surface area (Å²) in [4.78, 5) is 4.07. The molecule has 0 fully saturated rings. The number of fused-ring (bicyclic) bond motifs is 1. The number of hydrogen-bond donors (Lipinski definition) is 2. The fourth-order valence-electron chi connectivity index (χ4n) is 1.98. The monoisotopic (exact) mass is 273 g/mol. The number of rotatable bonds is 4. The van der Waals surface area contributed by atoms with E-state index < -0.39 is 18.8 Å². The van der Waals surface area contributed by atoms with Gasteiger partial charge in [0.15, 0.2) is 0 Å². The fourth-order valence-corrected chi connectivity index (χ4v) is 1.98. The fraction of sp³-hybridized carbons (Fsp3) is 0.417. The highest BCUT2D eigenvalue weighted by atomic mass is 19.4. The molecule has 0 aliphatic rings. The van der Waals surface area contributed by atoms with Gasteiger partial charge in [0, 0.05) is 0 Å². The van der Waals surface area contributed by atoms with Gasteiger partial charge in [0.05, 0.1) is 11.0 Å². The Kier molecular flexibility index (Phi) is 3.77. The lowest BCUT2D eigenvalue weighted by Gasteiger charge is -2.15. The summed E-state index contributed by atoms with van der Waals surface area (Å²) in [7, 11) is 0. The molecule has 2 aromatic rings. The molecule has 7 heteroatoms. The van der Waals surface area contributed by atoms with Gasteiger partial charge in [-0.2, -0.15) is 13.2 Å². The highest BCUT2D eigenvalue weighted by Crippen LogP contribution is 2.27. The lowest BCUT2D eigenvalue weighted by Crippen LogP contribution is -2.21. The van der Waals surface area contributed by atoms with Gasteiger partial charge in [0.2, 0.25) is 0 Å². The molecule has 1 heterocycles. The van der Waals surface area contributed by atoms with Crippen LogP contribution in [0.2, 0.25) is 0 Å². The molecule has 1 aromatic heterocycles. The van der Waals surface area contributed by atoms with E-state index in [9.17, 15) is 18.3 Å². The molecule has 1 unspecified atom stereocenters. The summed E-state index contributed by atoms with van der Waals surface area (Å²) in [6.45, 7) is -0.999. The predicted molar refractivity (Wildman–Crippen MR) is 64.4 cm³/mol. The smallest absolute Gasteiger partial charge is 0.385 e. The van der Waals surface area contributed by atoms with Crippen LogP contribution in [0.3, 0.4) is 0 Å². The third-order valence-electron chi connectivity index (χ3n) is 2.76. The molecule has 1 aromatic carbocycles. The molecule has 1 atom stereocenters. The van der Waals surface area contributed by atoms with Gasteiger partial charge in [0.25, 0.3) is 0 Å². The van der Waals surface area contributed by atoms with Crippen molar-refractivity contribution in [2.24, 2.45) is 5.73 Å². The minimum absolute atomic E-state index is 0.00368. The number of aromatic nitrogens is 2. The van der Waals surface area contributed by atoms with Crippen LogP contribution in [0.5, 0.6) is 0 Å². The molecular formula is C12H14F3N3O. The molecule has 0 spiro atoms. The van der Waals surface area contributed by atoms with Crippen molar-refractivity contribution in [3.8, 4) is 0 Å². The SMILES string of the molecule is NCCC(O)c1nc2ccccc2n1CC(F)(F)F. The molecule has 0 radical (unpaired) electrons. The van der Waals surface area contributed by atoms with Crippen LogP contribution in [0, 0.1) is 0 Å². The predicted octanol–water partition coefficient (Wildman–Crippen LogP) is 1.98. The Labute approximate surface area is 107 Å². The van der Waals surface area contributed by atoms with Crippen molar-refractivity contribution < 1.29 is 18.3 Å². The summed E-state index contributed by atoms with van der Waals surface area (Å²) >= 11 is 0. The minimum Gasteiger partial charge on any atom is -0.385 e. The Hall–Kier alpha value is -1.60. The van der Waals surface area contributed by atoms with Crippen LogP contribution in [0.4, 0.5) is 13.2 Å². The van der Waals surface area contributed by atoms with Crippen molar-refractivity contribution in [1.29, 1.82) is 0 Å². The van der Waals surface area contributed by atoms with Crippen molar-refractivity contribution in [2.45, 2.75) is 25.2 Å². The van der Waals surface area contributed by atoms with Gasteiger partial charge in [-0.15, -0.1) is 0 Å². The van der Waals surface area contributed by atoms with Gasteiger partial charge in [-0.3, -0.25) is 0 Å². The normalized spacial score (nSPS) is 13.9. The molecule has 0 bridgehead atoms. The number of hydrogen-bond acceptors (Lipinski definition) is 3. The Morgan fingerprint density at radius 2 is 2.00 bits per heavy atom. The zero-order valence-electron chi connectivity index (χ0n) is 10.1. The minimum atomic E-state index is -4.37. The third kappa shape index (κ3) is 3.05. The lowest BCUT2D eigenvalue weighted by molar-refractivity contribution is -0.140. The molecule has 0 aliphatic carbocycles. The van der Waals surface area contributed by atoms with E-state index in [1.54, 1.807) is 24.3 Å². The van der Waals surface area contributed by atoms with Crippen LogP contribution in [0.1, 0.15) is 18.3 Å². The van der Waals surface area contributed by atoms with Crippen LogP contribution in [-0.4, -0.2) is 27.4 Å². The number of para-hydroxylation sites is 2. The topological polar surface area (TPSA) is 64.1 Å². The van der Waals surface area contributed by atoms with E-state index in [-0.39, 0.29) is 18.8 Å². The van der Waals surface area contributed by atoms with Crippen LogP contribution in [0.15, 0.2) is 24.3 Å². The number of imidazole rings is 1. The number of halogens is 3. The molecule has 0 aliphatic heterocycles.